The third-order valence-electron chi connectivity index (χ3n) is 6.82. The molecule has 0 aliphatic carbocycles. The van der Waals surface area contributed by atoms with Gasteiger partial charge in [-0.3, -0.25) is 19.7 Å². The predicted octanol–water partition coefficient (Wildman–Crippen LogP) is 3.29. The fraction of sp³-hybridized carbons (Fsp3) is 0.440. The highest BCUT2D eigenvalue weighted by molar-refractivity contribution is 5.97. The molecule has 2 aliphatic rings. The normalized spacial score (nSPS) is 17.4. The summed E-state index contributed by atoms with van der Waals surface area (Å²) >= 11 is 0. The molecule has 9 nitrogen and oxygen atoms in total. The van der Waals surface area contributed by atoms with E-state index in [2.05, 4.69) is 5.32 Å². The van der Waals surface area contributed by atoms with E-state index >= 15 is 0 Å². The Balaban J connectivity index is 1.33. The Hall–Kier alpha value is -3.46. The highest BCUT2D eigenvalue weighted by atomic mass is 16.6. The summed E-state index contributed by atoms with van der Waals surface area (Å²) in [6.45, 7) is 2.53. The minimum Gasteiger partial charge on any atom is -0.396 e. The number of carbonyl (C=O) groups excluding carboxylic acids is 2. The van der Waals surface area contributed by atoms with Crippen LogP contribution >= 0.6 is 0 Å². The first-order valence-electron chi connectivity index (χ1n) is 11.8. The van der Waals surface area contributed by atoms with Crippen molar-refractivity contribution in [3.05, 3.63) is 64.2 Å². The monoisotopic (exact) mass is 466 g/mol. The number of hydrogen-bond donors (Lipinski definition) is 2. The van der Waals surface area contributed by atoms with Crippen molar-refractivity contribution >= 4 is 28.9 Å². The summed E-state index contributed by atoms with van der Waals surface area (Å²) in [5, 5.41) is 23.6. The van der Waals surface area contributed by atoms with Gasteiger partial charge in [-0.2, -0.15) is 0 Å². The van der Waals surface area contributed by atoms with Gasteiger partial charge in [-0.25, -0.2) is 0 Å². The second kappa shape index (κ2) is 10.6. The molecule has 9 heteroatoms. The molecule has 2 fully saturated rings. The van der Waals surface area contributed by atoms with E-state index in [4.69, 9.17) is 0 Å². The zero-order valence-electron chi connectivity index (χ0n) is 19.1. The lowest BCUT2D eigenvalue weighted by atomic mass is 9.95. The number of nitro benzene ring substituents is 1. The molecule has 2 aromatic rings. The number of benzene rings is 2. The van der Waals surface area contributed by atoms with Gasteiger partial charge in [0.05, 0.1) is 4.92 Å². The number of aliphatic hydroxyl groups excluding tert-OH is 1. The molecule has 2 heterocycles. The maximum Gasteiger partial charge on any atom is 0.292 e. The maximum absolute atomic E-state index is 12.9. The number of amides is 2. The second-order valence-electron chi connectivity index (χ2n) is 9.00. The van der Waals surface area contributed by atoms with Crippen molar-refractivity contribution in [2.24, 2.45) is 11.8 Å². The zero-order chi connectivity index (χ0) is 24.1. The minimum absolute atomic E-state index is 0.0646. The quantitative estimate of drug-likeness (QED) is 0.499. The Morgan fingerprint density at radius 1 is 1.00 bits per heavy atom. The number of piperidine rings is 2. The molecule has 2 saturated heterocycles. The molecule has 2 amide bonds. The van der Waals surface area contributed by atoms with Crippen LogP contribution in [-0.4, -0.2) is 59.5 Å². The molecule has 0 bridgehead atoms. The van der Waals surface area contributed by atoms with Crippen molar-refractivity contribution in [2.75, 3.05) is 43.0 Å². The van der Waals surface area contributed by atoms with E-state index in [0.29, 0.717) is 56.0 Å². The summed E-state index contributed by atoms with van der Waals surface area (Å²) in [7, 11) is 0. The van der Waals surface area contributed by atoms with Crippen LogP contribution in [0.2, 0.25) is 0 Å². The van der Waals surface area contributed by atoms with Crippen LogP contribution in [0.1, 0.15) is 36.0 Å². The first-order chi connectivity index (χ1) is 16.5. The number of nitrogens with one attached hydrogen (secondary N) is 1. The first kappa shape index (κ1) is 23.7. The maximum atomic E-state index is 12.9. The van der Waals surface area contributed by atoms with E-state index in [-0.39, 0.29) is 40.9 Å². The number of rotatable bonds is 6. The fourth-order valence-electron chi connectivity index (χ4n) is 4.74. The third-order valence-corrected chi connectivity index (χ3v) is 6.82. The van der Waals surface area contributed by atoms with E-state index < -0.39 is 0 Å². The van der Waals surface area contributed by atoms with Crippen LogP contribution in [0, 0.1) is 22.0 Å². The Kier molecular flexibility index (Phi) is 7.42. The van der Waals surface area contributed by atoms with Crippen molar-refractivity contribution in [2.45, 2.75) is 25.7 Å². The molecule has 2 N–H and O–H groups in total. The predicted molar refractivity (Wildman–Crippen MR) is 129 cm³/mol. The molecule has 2 aromatic carbocycles. The van der Waals surface area contributed by atoms with Crippen LogP contribution in [0.15, 0.2) is 48.5 Å². The van der Waals surface area contributed by atoms with E-state index in [0.717, 1.165) is 12.8 Å². The summed E-state index contributed by atoms with van der Waals surface area (Å²) in [5.41, 5.74) is 1.78. The van der Waals surface area contributed by atoms with Crippen LogP contribution in [-0.2, 0) is 4.79 Å². The number of anilines is 2. The van der Waals surface area contributed by atoms with Gasteiger partial charge in [-0.15, -0.1) is 0 Å². The molecular weight excluding hydrogens is 436 g/mol. The summed E-state index contributed by atoms with van der Waals surface area (Å²) in [6.07, 6.45) is 2.78. The lowest BCUT2D eigenvalue weighted by molar-refractivity contribution is -0.384. The van der Waals surface area contributed by atoms with Gasteiger partial charge in [-0.1, -0.05) is 18.2 Å². The van der Waals surface area contributed by atoms with E-state index in [9.17, 15) is 24.8 Å². The van der Waals surface area contributed by atoms with Gasteiger partial charge in [0.1, 0.15) is 5.69 Å². The topological polar surface area (TPSA) is 116 Å². The van der Waals surface area contributed by atoms with Crippen LogP contribution < -0.4 is 10.2 Å². The van der Waals surface area contributed by atoms with Gasteiger partial charge >= 0.3 is 0 Å². The molecule has 0 saturated carbocycles. The van der Waals surface area contributed by atoms with Gasteiger partial charge in [0.2, 0.25) is 5.91 Å². The van der Waals surface area contributed by atoms with Gasteiger partial charge < -0.3 is 20.2 Å². The van der Waals surface area contributed by atoms with Crippen molar-refractivity contribution in [1.82, 2.24) is 4.90 Å². The molecule has 2 aliphatic heterocycles. The number of nitro groups is 1. The zero-order valence-corrected chi connectivity index (χ0v) is 19.1. The summed E-state index contributed by atoms with van der Waals surface area (Å²) in [6, 6.07) is 13.7. The molecular formula is C25H30N4O5. The summed E-state index contributed by atoms with van der Waals surface area (Å²) in [4.78, 5) is 40.5. The molecule has 180 valence electrons. The lowest BCUT2D eigenvalue weighted by Crippen LogP contribution is -2.39. The highest BCUT2D eigenvalue weighted by Gasteiger charge is 2.28. The lowest BCUT2D eigenvalue weighted by Gasteiger charge is -2.32. The Morgan fingerprint density at radius 3 is 2.38 bits per heavy atom. The minimum atomic E-state index is -0.378. The van der Waals surface area contributed by atoms with Crippen LogP contribution in [0.3, 0.4) is 0 Å². The van der Waals surface area contributed by atoms with E-state index in [1.54, 1.807) is 47.4 Å². The van der Waals surface area contributed by atoms with Crippen LogP contribution in [0.25, 0.3) is 0 Å². The van der Waals surface area contributed by atoms with Crippen molar-refractivity contribution in [1.29, 1.82) is 0 Å². The van der Waals surface area contributed by atoms with Crippen molar-refractivity contribution in [3.8, 4) is 0 Å². The molecule has 0 unspecified atom stereocenters. The van der Waals surface area contributed by atoms with Crippen LogP contribution in [0.5, 0.6) is 0 Å². The molecule has 4 rings (SSSR count). The van der Waals surface area contributed by atoms with Gasteiger partial charge in [0.25, 0.3) is 11.6 Å². The summed E-state index contributed by atoms with van der Waals surface area (Å²) in [5.74, 6) is -0.106. The summed E-state index contributed by atoms with van der Waals surface area (Å²) < 4.78 is 0. The Bertz CT molecular complexity index is 1040. The first-order valence-corrected chi connectivity index (χ1v) is 11.8. The number of carbonyl (C=O) groups is 2. The SMILES string of the molecule is O=C(Nc1cccc(C(=O)N2CCC(CO)CC2)c1)C1CCN(c2ccccc2[N+](=O)[O-])CC1. The Labute approximate surface area is 198 Å². The van der Waals surface area contributed by atoms with Gasteiger partial charge in [0, 0.05) is 56.0 Å². The number of para-hydroxylation sites is 2. The molecule has 0 aromatic heterocycles. The number of nitrogens with zero attached hydrogens (tertiary/aromatic N) is 3. The van der Waals surface area contributed by atoms with Crippen LogP contribution in [0.4, 0.5) is 17.1 Å². The Morgan fingerprint density at radius 2 is 1.71 bits per heavy atom. The van der Waals surface area contributed by atoms with Gasteiger partial charge in [0.15, 0.2) is 0 Å². The number of aliphatic hydroxyl groups is 1. The van der Waals surface area contributed by atoms with E-state index in [1.807, 2.05) is 4.90 Å². The molecule has 0 atom stereocenters. The van der Waals surface area contributed by atoms with E-state index in [1.165, 1.54) is 6.07 Å². The van der Waals surface area contributed by atoms with Gasteiger partial charge in [-0.05, 0) is 55.9 Å². The molecule has 34 heavy (non-hydrogen) atoms. The number of hydrogen-bond acceptors (Lipinski definition) is 6. The third kappa shape index (κ3) is 5.36. The highest BCUT2D eigenvalue weighted by Crippen LogP contribution is 2.31. The standard InChI is InChI=1S/C25H30N4O5/c30-17-18-8-12-28(13-9-18)25(32)20-4-3-5-21(16-20)26-24(31)19-10-14-27(15-11-19)22-6-1-2-7-23(22)29(33)34/h1-7,16,18-19,30H,8-15,17H2,(H,26,31). The van der Waals surface area contributed by atoms with Crippen molar-refractivity contribution < 1.29 is 19.6 Å². The fourth-order valence-corrected chi connectivity index (χ4v) is 4.74. The molecule has 0 radical (unpaired) electrons. The number of likely N-dealkylation sites (tertiary alicyclic amines) is 1. The average Bonchev–Trinajstić information content (AvgIpc) is 2.88. The average molecular weight is 467 g/mol. The van der Waals surface area contributed by atoms with Crippen molar-refractivity contribution in [3.63, 3.8) is 0 Å². The smallest absolute Gasteiger partial charge is 0.292 e. The largest absolute Gasteiger partial charge is 0.396 e. The molecule has 0 spiro atoms. The second-order valence-corrected chi connectivity index (χ2v) is 9.00.